The number of anilines is 1. The minimum atomic E-state index is -1.06. The van der Waals surface area contributed by atoms with Crippen LogP contribution in [-0.2, 0) is 9.53 Å². The van der Waals surface area contributed by atoms with Crippen LogP contribution >= 0.6 is 15.9 Å². The number of nitrogens with zero attached hydrogens (tertiary/aromatic N) is 1. The van der Waals surface area contributed by atoms with Crippen LogP contribution in [0.1, 0.15) is 17.3 Å². The van der Waals surface area contributed by atoms with E-state index in [4.69, 9.17) is 4.74 Å². The highest BCUT2D eigenvalue weighted by Gasteiger charge is 2.20. The van der Waals surface area contributed by atoms with Gasteiger partial charge in [0.1, 0.15) is 0 Å². The standard InChI is InChI=1S/C16H13BrN2O5/c1-10(15(20)18-13-7-5-12(17)6-8-13)24-16(21)11-3-2-4-14(9-11)19(22)23/h2-10H,1H3,(H,18,20)/t10-/m0/s1. The predicted octanol–water partition coefficient (Wildman–Crippen LogP) is 3.54. The van der Waals surface area contributed by atoms with Crippen LogP contribution in [0.2, 0.25) is 0 Å². The maximum absolute atomic E-state index is 12.0. The van der Waals surface area contributed by atoms with E-state index >= 15 is 0 Å². The number of nitro groups is 1. The van der Waals surface area contributed by atoms with Crippen LogP contribution in [-0.4, -0.2) is 22.9 Å². The summed E-state index contributed by atoms with van der Waals surface area (Å²) in [5.41, 5.74) is 0.338. The largest absolute Gasteiger partial charge is 0.449 e. The molecule has 0 saturated heterocycles. The van der Waals surface area contributed by atoms with Crippen LogP contribution < -0.4 is 5.32 Å². The number of esters is 1. The number of ether oxygens (including phenoxy) is 1. The molecule has 1 amide bonds. The van der Waals surface area contributed by atoms with Gasteiger partial charge in [0, 0.05) is 22.3 Å². The summed E-state index contributed by atoms with van der Waals surface area (Å²) in [6, 6.07) is 12.0. The van der Waals surface area contributed by atoms with E-state index < -0.39 is 22.9 Å². The van der Waals surface area contributed by atoms with E-state index in [0.717, 1.165) is 10.5 Å². The van der Waals surface area contributed by atoms with Gasteiger partial charge in [-0.15, -0.1) is 0 Å². The first-order valence-electron chi connectivity index (χ1n) is 6.88. The second-order valence-corrected chi connectivity index (χ2v) is 5.77. The van der Waals surface area contributed by atoms with Gasteiger partial charge < -0.3 is 10.1 Å². The molecule has 0 aliphatic rings. The Morgan fingerprint density at radius 1 is 1.21 bits per heavy atom. The van der Waals surface area contributed by atoms with Gasteiger partial charge in [-0.3, -0.25) is 14.9 Å². The molecular weight excluding hydrogens is 380 g/mol. The van der Waals surface area contributed by atoms with E-state index in [1.54, 1.807) is 24.3 Å². The van der Waals surface area contributed by atoms with Gasteiger partial charge in [0.2, 0.25) is 0 Å². The molecule has 7 nitrogen and oxygen atoms in total. The molecule has 0 aromatic heterocycles. The molecule has 0 unspecified atom stereocenters. The number of nitrogens with one attached hydrogen (secondary N) is 1. The lowest BCUT2D eigenvalue weighted by atomic mass is 10.2. The predicted molar refractivity (Wildman–Crippen MR) is 90.7 cm³/mol. The number of rotatable bonds is 5. The number of halogens is 1. The number of benzene rings is 2. The van der Waals surface area contributed by atoms with Crippen LogP contribution in [0.4, 0.5) is 11.4 Å². The molecule has 0 fully saturated rings. The summed E-state index contributed by atoms with van der Waals surface area (Å²) in [6.45, 7) is 1.42. The number of carbonyl (C=O) groups is 2. The van der Waals surface area contributed by atoms with E-state index in [2.05, 4.69) is 21.2 Å². The minimum absolute atomic E-state index is 0.00694. The highest BCUT2D eigenvalue weighted by molar-refractivity contribution is 9.10. The molecule has 2 aromatic carbocycles. The Labute approximate surface area is 145 Å². The summed E-state index contributed by atoms with van der Waals surface area (Å²) in [4.78, 5) is 34.1. The van der Waals surface area contributed by atoms with Gasteiger partial charge in [0.15, 0.2) is 6.10 Å². The molecule has 0 radical (unpaired) electrons. The maximum Gasteiger partial charge on any atom is 0.339 e. The Bertz CT molecular complexity index is 776. The molecule has 0 saturated carbocycles. The summed E-state index contributed by atoms with van der Waals surface area (Å²) in [7, 11) is 0. The number of amides is 1. The molecule has 8 heteroatoms. The van der Waals surface area contributed by atoms with Crippen molar-refractivity contribution in [3.63, 3.8) is 0 Å². The molecule has 0 bridgehead atoms. The van der Waals surface area contributed by atoms with E-state index in [-0.39, 0.29) is 11.3 Å². The van der Waals surface area contributed by atoms with E-state index in [1.165, 1.54) is 25.1 Å². The number of hydrogen-bond acceptors (Lipinski definition) is 5. The van der Waals surface area contributed by atoms with Crippen molar-refractivity contribution in [1.29, 1.82) is 0 Å². The summed E-state index contributed by atoms with van der Waals surface area (Å²) in [6.07, 6.45) is -1.06. The molecule has 0 aliphatic carbocycles. The highest BCUT2D eigenvalue weighted by atomic mass is 79.9. The molecule has 0 heterocycles. The first kappa shape index (κ1) is 17.6. The molecule has 1 atom stereocenters. The zero-order valence-corrected chi connectivity index (χ0v) is 14.1. The fourth-order valence-electron chi connectivity index (χ4n) is 1.81. The minimum Gasteiger partial charge on any atom is -0.449 e. The smallest absolute Gasteiger partial charge is 0.339 e. The van der Waals surface area contributed by atoms with Crippen LogP contribution in [0.5, 0.6) is 0 Å². The zero-order valence-electron chi connectivity index (χ0n) is 12.6. The van der Waals surface area contributed by atoms with Crippen molar-refractivity contribution in [2.24, 2.45) is 0 Å². The first-order valence-corrected chi connectivity index (χ1v) is 7.68. The molecule has 2 rings (SSSR count). The third kappa shape index (κ3) is 4.63. The SMILES string of the molecule is C[C@H](OC(=O)c1cccc([N+](=O)[O-])c1)C(=O)Nc1ccc(Br)cc1. The summed E-state index contributed by atoms with van der Waals surface area (Å²) < 4.78 is 5.91. The Morgan fingerprint density at radius 2 is 1.88 bits per heavy atom. The highest BCUT2D eigenvalue weighted by Crippen LogP contribution is 2.16. The number of carbonyl (C=O) groups excluding carboxylic acids is 2. The molecule has 1 N–H and O–H groups in total. The Kier molecular flexibility index (Phi) is 5.64. The van der Waals surface area contributed by atoms with Gasteiger partial charge in [-0.25, -0.2) is 4.79 Å². The van der Waals surface area contributed by atoms with Crippen LogP contribution in [0.15, 0.2) is 53.0 Å². The molecule has 2 aromatic rings. The van der Waals surface area contributed by atoms with Gasteiger partial charge >= 0.3 is 5.97 Å². The second-order valence-electron chi connectivity index (χ2n) is 4.85. The molecule has 0 spiro atoms. The van der Waals surface area contributed by atoms with Crippen LogP contribution in [0.3, 0.4) is 0 Å². The quantitative estimate of drug-likeness (QED) is 0.476. The first-order chi connectivity index (χ1) is 11.4. The average molecular weight is 393 g/mol. The second kappa shape index (κ2) is 7.69. The van der Waals surface area contributed by atoms with Crippen molar-refractivity contribution in [2.45, 2.75) is 13.0 Å². The lowest BCUT2D eigenvalue weighted by molar-refractivity contribution is -0.384. The maximum atomic E-state index is 12.0. The molecule has 24 heavy (non-hydrogen) atoms. The van der Waals surface area contributed by atoms with E-state index in [9.17, 15) is 19.7 Å². The Morgan fingerprint density at radius 3 is 2.50 bits per heavy atom. The third-order valence-corrected chi connectivity index (χ3v) is 3.59. The number of non-ortho nitro benzene ring substituents is 1. The van der Waals surface area contributed by atoms with Gasteiger partial charge in [0.25, 0.3) is 11.6 Å². The van der Waals surface area contributed by atoms with E-state index in [0.29, 0.717) is 5.69 Å². The Balaban J connectivity index is 2.00. The molecular formula is C16H13BrN2O5. The lowest BCUT2D eigenvalue weighted by Crippen LogP contribution is -2.30. The normalized spacial score (nSPS) is 11.4. The molecule has 0 aliphatic heterocycles. The van der Waals surface area contributed by atoms with Gasteiger partial charge in [-0.05, 0) is 37.3 Å². The summed E-state index contributed by atoms with van der Waals surface area (Å²) >= 11 is 3.29. The number of hydrogen-bond donors (Lipinski definition) is 1. The molecule has 124 valence electrons. The van der Waals surface area contributed by atoms with Gasteiger partial charge in [-0.1, -0.05) is 22.0 Å². The topological polar surface area (TPSA) is 98.5 Å². The summed E-state index contributed by atoms with van der Waals surface area (Å²) in [5, 5.41) is 13.3. The fraction of sp³-hybridized carbons (Fsp3) is 0.125. The van der Waals surface area contributed by atoms with E-state index in [1.807, 2.05) is 0 Å². The monoisotopic (exact) mass is 392 g/mol. The summed E-state index contributed by atoms with van der Waals surface area (Å²) in [5.74, 6) is -1.31. The number of nitro benzene ring substituents is 1. The Hall–Kier alpha value is -2.74. The van der Waals surface area contributed by atoms with Crippen molar-refractivity contribution < 1.29 is 19.2 Å². The lowest BCUT2D eigenvalue weighted by Gasteiger charge is -2.13. The third-order valence-electron chi connectivity index (χ3n) is 3.06. The van der Waals surface area contributed by atoms with Crippen molar-refractivity contribution >= 4 is 39.2 Å². The fourth-order valence-corrected chi connectivity index (χ4v) is 2.07. The average Bonchev–Trinajstić information content (AvgIpc) is 2.56. The zero-order chi connectivity index (χ0) is 17.7. The van der Waals surface area contributed by atoms with Gasteiger partial charge in [-0.2, -0.15) is 0 Å². The van der Waals surface area contributed by atoms with Gasteiger partial charge in [0.05, 0.1) is 10.5 Å². The van der Waals surface area contributed by atoms with Crippen LogP contribution in [0.25, 0.3) is 0 Å². The van der Waals surface area contributed by atoms with Crippen molar-refractivity contribution in [3.8, 4) is 0 Å². The van der Waals surface area contributed by atoms with Crippen molar-refractivity contribution in [1.82, 2.24) is 0 Å². The van der Waals surface area contributed by atoms with Crippen molar-refractivity contribution in [3.05, 3.63) is 68.7 Å². The van der Waals surface area contributed by atoms with Crippen LogP contribution in [0, 0.1) is 10.1 Å². The van der Waals surface area contributed by atoms with Crippen molar-refractivity contribution in [2.75, 3.05) is 5.32 Å².